The number of rotatable bonds is 2. The SMILES string of the molecule is Cc1csc2nc(O)c(C(=O)N[C@H]3C[C@@H](C)CC(C)(C)C3)c(=O)n12. The maximum absolute atomic E-state index is 12.6. The number of carbonyl (C=O) groups is 1. The van der Waals surface area contributed by atoms with Crippen LogP contribution in [0.2, 0.25) is 0 Å². The zero-order valence-electron chi connectivity index (χ0n) is 14.4. The van der Waals surface area contributed by atoms with Crippen molar-refractivity contribution >= 4 is 22.2 Å². The average molecular weight is 349 g/mol. The average Bonchev–Trinajstić information content (AvgIpc) is 2.77. The summed E-state index contributed by atoms with van der Waals surface area (Å²) in [6, 6.07) is -0.000631. The number of thiazole rings is 1. The molecule has 1 fully saturated rings. The summed E-state index contributed by atoms with van der Waals surface area (Å²) in [4.78, 5) is 29.6. The summed E-state index contributed by atoms with van der Waals surface area (Å²) < 4.78 is 1.37. The largest absolute Gasteiger partial charge is 0.492 e. The van der Waals surface area contributed by atoms with Gasteiger partial charge in [-0.3, -0.25) is 14.0 Å². The lowest BCUT2D eigenvalue weighted by Crippen LogP contribution is -2.44. The van der Waals surface area contributed by atoms with Gasteiger partial charge in [0.25, 0.3) is 11.5 Å². The molecule has 0 radical (unpaired) electrons. The van der Waals surface area contributed by atoms with E-state index >= 15 is 0 Å². The highest BCUT2D eigenvalue weighted by atomic mass is 32.1. The molecule has 130 valence electrons. The van der Waals surface area contributed by atoms with E-state index < -0.39 is 17.3 Å². The number of aryl methyl sites for hydroxylation is 1. The van der Waals surface area contributed by atoms with E-state index in [0.29, 0.717) is 16.6 Å². The van der Waals surface area contributed by atoms with E-state index in [2.05, 4.69) is 31.1 Å². The second-order valence-corrected chi connectivity index (χ2v) is 8.53. The molecule has 2 atom stereocenters. The minimum atomic E-state index is -0.542. The van der Waals surface area contributed by atoms with E-state index in [9.17, 15) is 14.7 Å². The third kappa shape index (κ3) is 3.05. The molecule has 0 aromatic carbocycles. The van der Waals surface area contributed by atoms with Gasteiger partial charge in [0, 0.05) is 17.1 Å². The van der Waals surface area contributed by atoms with Crippen LogP contribution in [-0.2, 0) is 0 Å². The predicted octanol–water partition coefficient (Wildman–Crippen LogP) is 2.71. The van der Waals surface area contributed by atoms with Crippen LogP contribution in [0.5, 0.6) is 5.88 Å². The highest BCUT2D eigenvalue weighted by molar-refractivity contribution is 7.15. The van der Waals surface area contributed by atoms with E-state index in [1.807, 2.05) is 0 Å². The second-order valence-electron chi connectivity index (χ2n) is 7.69. The summed E-state index contributed by atoms with van der Waals surface area (Å²) in [5.74, 6) is -0.532. The molecular formula is C17H23N3O3S. The Morgan fingerprint density at radius 3 is 2.83 bits per heavy atom. The molecule has 1 aliphatic carbocycles. The first kappa shape index (κ1) is 17.0. The molecule has 0 spiro atoms. The van der Waals surface area contributed by atoms with Gasteiger partial charge in [0.15, 0.2) is 10.5 Å². The van der Waals surface area contributed by atoms with Crippen LogP contribution in [0.3, 0.4) is 0 Å². The molecule has 2 aromatic rings. The van der Waals surface area contributed by atoms with Crippen LogP contribution in [0, 0.1) is 18.3 Å². The second kappa shape index (κ2) is 5.88. The zero-order chi connectivity index (χ0) is 17.6. The molecule has 1 amide bonds. The van der Waals surface area contributed by atoms with Gasteiger partial charge in [-0.05, 0) is 37.5 Å². The molecule has 0 bridgehead atoms. The van der Waals surface area contributed by atoms with Crippen molar-refractivity contribution in [3.05, 3.63) is 27.0 Å². The number of carbonyl (C=O) groups excluding carboxylic acids is 1. The molecule has 6 nitrogen and oxygen atoms in total. The summed E-state index contributed by atoms with van der Waals surface area (Å²) in [6.07, 6.45) is 2.86. The highest BCUT2D eigenvalue weighted by Crippen LogP contribution is 2.38. The van der Waals surface area contributed by atoms with Gasteiger partial charge in [0.1, 0.15) is 0 Å². The van der Waals surface area contributed by atoms with Crippen LogP contribution in [0.25, 0.3) is 4.96 Å². The molecule has 7 heteroatoms. The van der Waals surface area contributed by atoms with E-state index in [4.69, 9.17) is 0 Å². The Balaban J connectivity index is 1.92. The molecule has 3 rings (SSSR count). The first-order valence-corrected chi connectivity index (χ1v) is 9.06. The lowest BCUT2D eigenvalue weighted by molar-refractivity contribution is 0.0869. The van der Waals surface area contributed by atoms with E-state index in [1.165, 1.54) is 15.7 Å². The van der Waals surface area contributed by atoms with E-state index in [1.54, 1.807) is 12.3 Å². The van der Waals surface area contributed by atoms with Gasteiger partial charge in [0.2, 0.25) is 5.88 Å². The number of fused-ring (bicyclic) bond motifs is 1. The van der Waals surface area contributed by atoms with Crippen molar-refractivity contribution in [2.75, 3.05) is 0 Å². The predicted molar refractivity (Wildman–Crippen MR) is 93.8 cm³/mol. The molecular weight excluding hydrogens is 326 g/mol. The Hall–Kier alpha value is -1.89. The third-order valence-corrected chi connectivity index (χ3v) is 5.61. The van der Waals surface area contributed by atoms with Gasteiger partial charge < -0.3 is 10.4 Å². The monoisotopic (exact) mass is 349 g/mol. The minimum absolute atomic E-state index is 0.000631. The number of hydrogen-bond donors (Lipinski definition) is 2. The quantitative estimate of drug-likeness (QED) is 0.873. The third-order valence-electron chi connectivity index (χ3n) is 4.67. The van der Waals surface area contributed by atoms with Gasteiger partial charge in [-0.1, -0.05) is 20.8 Å². The molecule has 2 heterocycles. The fraction of sp³-hybridized carbons (Fsp3) is 0.588. The van der Waals surface area contributed by atoms with Crippen LogP contribution < -0.4 is 10.9 Å². The van der Waals surface area contributed by atoms with Crippen LogP contribution >= 0.6 is 11.3 Å². The Labute approximate surface area is 144 Å². The molecule has 0 aliphatic heterocycles. The van der Waals surface area contributed by atoms with Gasteiger partial charge in [0.05, 0.1) is 0 Å². The normalized spacial score (nSPS) is 23.3. The van der Waals surface area contributed by atoms with E-state index in [0.717, 1.165) is 19.3 Å². The number of aromatic hydroxyl groups is 1. The Morgan fingerprint density at radius 1 is 1.46 bits per heavy atom. The number of amides is 1. The summed E-state index contributed by atoms with van der Waals surface area (Å²) in [7, 11) is 0. The smallest absolute Gasteiger partial charge is 0.275 e. The van der Waals surface area contributed by atoms with Gasteiger partial charge in [-0.25, -0.2) is 0 Å². The van der Waals surface area contributed by atoms with Crippen molar-refractivity contribution in [3.8, 4) is 5.88 Å². The summed E-state index contributed by atoms with van der Waals surface area (Å²) >= 11 is 1.26. The standard InChI is InChI=1S/C17H23N3O3S/c1-9-5-11(7-17(3,4)6-9)18-13(21)12-14(22)19-16-20(15(12)23)10(2)8-24-16/h8-9,11,22H,5-7H2,1-4H3,(H,18,21)/t9-,11+/m1/s1. The summed E-state index contributed by atoms with van der Waals surface area (Å²) in [5.41, 5.74) is 0.0645. The lowest BCUT2D eigenvalue weighted by atomic mass is 9.70. The number of hydrogen-bond acceptors (Lipinski definition) is 5. The molecule has 2 N–H and O–H groups in total. The maximum atomic E-state index is 12.6. The van der Waals surface area contributed by atoms with Crippen LogP contribution in [-0.4, -0.2) is 26.4 Å². The molecule has 2 aromatic heterocycles. The first-order valence-electron chi connectivity index (χ1n) is 8.18. The Kier molecular flexibility index (Phi) is 4.15. The van der Waals surface area contributed by atoms with Crippen LogP contribution in [0.4, 0.5) is 0 Å². The molecule has 0 unspecified atom stereocenters. The number of nitrogens with one attached hydrogen (secondary N) is 1. The fourth-order valence-corrected chi connectivity index (χ4v) is 4.84. The van der Waals surface area contributed by atoms with Gasteiger partial charge in [-0.2, -0.15) is 4.98 Å². The van der Waals surface area contributed by atoms with Gasteiger partial charge >= 0.3 is 0 Å². The molecule has 24 heavy (non-hydrogen) atoms. The number of nitrogens with zero attached hydrogens (tertiary/aromatic N) is 2. The van der Waals surface area contributed by atoms with Crippen molar-refractivity contribution in [2.45, 2.75) is 53.0 Å². The van der Waals surface area contributed by atoms with Gasteiger partial charge in [-0.15, -0.1) is 11.3 Å². The molecule has 0 saturated heterocycles. The first-order chi connectivity index (χ1) is 11.2. The lowest BCUT2D eigenvalue weighted by Gasteiger charge is -2.39. The van der Waals surface area contributed by atoms with Crippen molar-refractivity contribution in [3.63, 3.8) is 0 Å². The van der Waals surface area contributed by atoms with Crippen molar-refractivity contribution in [1.82, 2.24) is 14.7 Å². The summed E-state index contributed by atoms with van der Waals surface area (Å²) in [5, 5.41) is 14.8. The van der Waals surface area contributed by atoms with Crippen molar-refractivity contribution in [2.24, 2.45) is 11.3 Å². The van der Waals surface area contributed by atoms with E-state index in [-0.39, 0.29) is 17.0 Å². The highest BCUT2D eigenvalue weighted by Gasteiger charge is 2.33. The van der Waals surface area contributed by atoms with Crippen LogP contribution in [0.15, 0.2) is 10.2 Å². The topological polar surface area (TPSA) is 83.7 Å². The summed E-state index contributed by atoms with van der Waals surface area (Å²) in [6.45, 7) is 8.33. The van der Waals surface area contributed by atoms with Crippen molar-refractivity contribution < 1.29 is 9.90 Å². The Morgan fingerprint density at radius 2 is 2.17 bits per heavy atom. The maximum Gasteiger partial charge on any atom is 0.275 e. The number of aromatic nitrogens is 2. The minimum Gasteiger partial charge on any atom is -0.492 e. The van der Waals surface area contributed by atoms with Crippen LogP contribution in [0.1, 0.15) is 56.1 Å². The molecule has 1 saturated carbocycles. The Bertz CT molecular complexity index is 853. The van der Waals surface area contributed by atoms with Crippen molar-refractivity contribution in [1.29, 1.82) is 0 Å². The fourth-order valence-electron chi connectivity index (χ4n) is 3.98. The zero-order valence-corrected chi connectivity index (χ0v) is 15.2. The molecule has 1 aliphatic rings.